The number of ether oxygens (including phenoxy) is 3. The Bertz CT molecular complexity index is 1090. The molecule has 0 radical (unpaired) electrons. The van der Waals surface area contributed by atoms with Gasteiger partial charge in [-0.2, -0.15) is 0 Å². The van der Waals surface area contributed by atoms with Crippen molar-refractivity contribution in [2.75, 3.05) is 13.2 Å². The second kappa shape index (κ2) is 15.7. The molecular formula is C35H47BrO4Si. The van der Waals surface area contributed by atoms with Crippen LogP contribution in [0.2, 0.25) is 5.04 Å². The summed E-state index contributed by atoms with van der Waals surface area (Å²) in [7, 11) is -2.73. The number of alkyl halides is 1. The first kappa shape index (κ1) is 32.2. The van der Waals surface area contributed by atoms with Gasteiger partial charge in [0.15, 0.2) is 6.29 Å². The first-order valence-corrected chi connectivity index (χ1v) is 18.1. The van der Waals surface area contributed by atoms with Crippen molar-refractivity contribution < 1.29 is 18.6 Å². The van der Waals surface area contributed by atoms with Crippen molar-refractivity contribution in [3.63, 3.8) is 0 Å². The summed E-state index contributed by atoms with van der Waals surface area (Å²) < 4.78 is 25.8. The fourth-order valence-electron chi connectivity index (χ4n) is 5.95. The van der Waals surface area contributed by atoms with Crippen molar-refractivity contribution in [2.45, 2.75) is 107 Å². The molecular weight excluding hydrogens is 592 g/mol. The van der Waals surface area contributed by atoms with Gasteiger partial charge < -0.3 is 18.6 Å². The van der Waals surface area contributed by atoms with Crippen molar-refractivity contribution in [2.24, 2.45) is 0 Å². The van der Waals surface area contributed by atoms with E-state index < -0.39 is 8.32 Å². The SMILES string of the molecule is CC/C=C/C[C@H](Br)[C@@H]1C[C@@H](O[Si](c2ccccc2)(c2ccccc2)C(C)(C)C)[C@@H](CC#CCOC2CCCCO2)O1. The molecule has 0 aliphatic carbocycles. The lowest BCUT2D eigenvalue weighted by Crippen LogP contribution is -2.68. The maximum Gasteiger partial charge on any atom is 0.261 e. The predicted molar refractivity (Wildman–Crippen MR) is 174 cm³/mol. The molecule has 222 valence electrons. The topological polar surface area (TPSA) is 36.9 Å². The molecule has 5 atom stereocenters. The predicted octanol–water partition coefficient (Wildman–Crippen LogP) is 7.15. The van der Waals surface area contributed by atoms with E-state index in [1.807, 2.05) is 0 Å². The highest BCUT2D eigenvalue weighted by atomic mass is 79.9. The van der Waals surface area contributed by atoms with Crippen LogP contribution in [0.1, 0.15) is 72.6 Å². The van der Waals surface area contributed by atoms with E-state index in [1.165, 1.54) is 10.4 Å². The van der Waals surface area contributed by atoms with Gasteiger partial charge in [0.1, 0.15) is 6.61 Å². The average Bonchev–Trinajstić information content (AvgIpc) is 3.39. The highest BCUT2D eigenvalue weighted by Crippen LogP contribution is 2.41. The number of hydrogen-bond acceptors (Lipinski definition) is 4. The highest BCUT2D eigenvalue weighted by molar-refractivity contribution is 9.09. The zero-order valence-corrected chi connectivity index (χ0v) is 27.8. The molecule has 4 rings (SSSR count). The molecule has 0 spiro atoms. The van der Waals surface area contributed by atoms with Crippen molar-refractivity contribution in [1.29, 1.82) is 0 Å². The zero-order chi connectivity index (χ0) is 29.1. The van der Waals surface area contributed by atoms with Crippen LogP contribution in [-0.2, 0) is 18.6 Å². The number of allylic oxidation sites excluding steroid dienone is 2. The molecule has 2 aliphatic rings. The first-order valence-electron chi connectivity index (χ1n) is 15.3. The summed E-state index contributed by atoms with van der Waals surface area (Å²) >= 11 is 3.95. The van der Waals surface area contributed by atoms with Gasteiger partial charge in [0.05, 0.1) is 18.3 Å². The fraction of sp³-hybridized carbons (Fsp3) is 0.543. The van der Waals surface area contributed by atoms with Crippen molar-refractivity contribution in [3.8, 4) is 11.8 Å². The molecule has 2 fully saturated rings. The van der Waals surface area contributed by atoms with Crippen LogP contribution in [0.3, 0.4) is 0 Å². The minimum Gasteiger partial charge on any atom is -0.402 e. The van der Waals surface area contributed by atoms with E-state index >= 15 is 0 Å². The summed E-state index contributed by atoms with van der Waals surface area (Å²) in [4.78, 5) is 0.222. The molecule has 1 unspecified atom stereocenters. The van der Waals surface area contributed by atoms with Gasteiger partial charge in [-0.1, -0.05) is 128 Å². The van der Waals surface area contributed by atoms with Crippen molar-refractivity contribution >= 4 is 34.6 Å². The third kappa shape index (κ3) is 8.44. The first-order chi connectivity index (χ1) is 19.8. The standard InChI is InChI=1S/C35H47BrO4Si/c1-5-6-9-22-30(36)32-27-33(31(39-32)23-14-16-25-37-34-24-15-17-26-38-34)40-41(35(2,3)4,28-18-10-7-11-19-28)29-20-12-8-13-21-29/h6-13,18-21,30-34H,5,15,17,22-27H2,1-4H3/b9-6+/t30-,31+,32-,33+,34?/m0/s1. The molecule has 41 heavy (non-hydrogen) atoms. The van der Waals surface area contributed by atoms with Crippen molar-refractivity contribution in [3.05, 3.63) is 72.8 Å². The summed E-state index contributed by atoms with van der Waals surface area (Å²) in [5, 5.41) is 2.47. The lowest BCUT2D eigenvalue weighted by Gasteiger charge is -2.45. The van der Waals surface area contributed by atoms with Gasteiger partial charge in [0.2, 0.25) is 0 Å². The Labute approximate surface area is 257 Å². The van der Waals surface area contributed by atoms with E-state index in [0.29, 0.717) is 13.0 Å². The molecule has 6 heteroatoms. The molecule has 2 aromatic rings. The summed E-state index contributed by atoms with van der Waals surface area (Å²) in [5.41, 5.74) is 0. The third-order valence-electron chi connectivity index (χ3n) is 8.05. The van der Waals surface area contributed by atoms with E-state index in [1.54, 1.807) is 0 Å². The van der Waals surface area contributed by atoms with Gasteiger partial charge in [-0.15, -0.1) is 0 Å². The molecule has 0 amide bonds. The molecule has 0 bridgehead atoms. The molecule has 2 aromatic carbocycles. The minimum atomic E-state index is -2.73. The maximum absolute atomic E-state index is 7.56. The Balaban J connectivity index is 1.60. The van der Waals surface area contributed by atoms with Crippen LogP contribution >= 0.6 is 15.9 Å². The average molecular weight is 640 g/mol. The Morgan fingerprint density at radius 2 is 1.68 bits per heavy atom. The van der Waals surface area contributed by atoms with Gasteiger partial charge >= 0.3 is 0 Å². The molecule has 2 aliphatic heterocycles. The van der Waals surface area contributed by atoms with Gasteiger partial charge in [0.25, 0.3) is 8.32 Å². The molecule has 0 saturated carbocycles. The molecule has 2 heterocycles. The monoisotopic (exact) mass is 638 g/mol. The largest absolute Gasteiger partial charge is 0.402 e. The number of rotatable bonds is 11. The zero-order valence-electron chi connectivity index (χ0n) is 25.2. The van der Waals surface area contributed by atoms with Crippen LogP contribution in [0.5, 0.6) is 0 Å². The fourth-order valence-corrected chi connectivity index (χ4v) is 11.2. The molecule has 0 N–H and O–H groups in total. The highest BCUT2D eigenvalue weighted by Gasteiger charge is 2.53. The van der Waals surface area contributed by atoms with Gasteiger partial charge in [-0.3, -0.25) is 0 Å². The van der Waals surface area contributed by atoms with Crippen LogP contribution < -0.4 is 10.4 Å². The van der Waals surface area contributed by atoms with Gasteiger partial charge in [-0.25, -0.2) is 0 Å². The van der Waals surface area contributed by atoms with E-state index in [4.69, 9.17) is 18.6 Å². The van der Waals surface area contributed by atoms with Crippen LogP contribution in [0.4, 0.5) is 0 Å². The summed E-state index contributed by atoms with van der Waals surface area (Å²) in [6.45, 7) is 10.3. The van der Waals surface area contributed by atoms with Crippen LogP contribution in [-0.4, -0.2) is 51.0 Å². The van der Waals surface area contributed by atoms with Gasteiger partial charge in [-0.05, 0) is 47.5 Å². The smallest absolute Gasteiger partial charge is 0.261 e. The van der Waals surface area contributed by atoms with E-state index in [9.17, 15) is 0 Å². The lowest BCUT2D eigenvalue weighted by atomic mass is 10.1. The molecule has 4 nitrogen and oxygen atoms in total. The Kier molecular flexibility index (Phi) is 12.3. The minimum absolute atomic E-state index is 0.0541. The van der Waals surface area contributed by atoms with Crippen molar-refractivity contribution in [1.82, 2.24) is 0 Å². The second-order valence-corrected chi connectivity index (χ2v) is 17.5. The van der Waals surface area contributed by atoms with Crippen LogP contribution in [0, 0.1) is 11.8 Å². The van der Waals surface area contributed by atoms with E-state index in [2.05, 4.69) is 128 Å². The summed E-state index contributed by atoms with van der Waals surface area (Å²) in [6, 6.07) is 21.7. The quantitative estimate of drug-likeness (QED) is 0.113. The normalized spacial score (nSPS) is 24.2. The summed E-state index contributed by atoms with van der Waals surface area (Å²) in [5.74, 6) is 6.59. The Morgan fingerprint density at radius 3 is 2.27 bits per heavy atom. The Morgan fingerprint density at radius 1 is 1.00 bits per heavy atom. The second-order valence-electron chi connectivity index (χ2n) is 12.1. The number of halogens is 1. The van der Waals surface area contributed by atoms with E-state index in [-0.39, 0.29) is 34.5 Å². The van der Waals surface area contributed by atoms with Crippen LogP contribution in [0.15, 0.2) is 72.8 Å². The number of hydrogen-bond donors (Lipinski definition) is 0. The summed E-state index contributed by atoms with van der Waals surface area (Å²) in [6.07, 6.45) is 10.8. The third-order valence-corrected chi connectivity index (χ3v) is 14.1. The number of benzene rings is 2. The molecule has 0 aromatic heterocycles. The van der Waals surface area contributed by atoms with E-state index in [0.717, 1.165) is 45.1 Å². The molecule has 2 saturated heterocycles. The lowest BCUT2D eigenvalue weighted by molar-refractivity contribution is -0.154. The maximum atomic E-state index is 7.56. The van der Waals surface area contributed by atoms with Crippen LogP contribution in [0.25, 0.3) is 0 Å². The Hall–Kier alpha value is -1.72. The van der Waals surface area contributed by atoms with Gasteiger partial charge in [0, 0.05) is 24.3 Å².